The minimum atomic E-state index is -0.231. The SMILES string of the molecule is CC(C)(C)NC(=O)CN1CCN(C(=O)COc2ccc3oc4c(c3c2)CCCC4)CC1. The highest BCUT2D eigenvalue weighted by atomic mass is 16.5. The largest absolute Gasteiger partial charge is 0.484 e. The summed E-state index contributed by atoms with van der Waals surface area (Å²) in [5.41, 5.74) is 1.96. The van der Waals surface area contributed by atoms with Crippen molar-refractivity contribution < 1.29 is 18.7 Å². The number of hydrogen-bond donors (Lipinski definition) is 1. The van der Waals surface area contributed by atoms with E-state index in [2.05, 4.69) is 10.2 Å². The molecule has 168 valence electrons. The quantitative estimate of drug-likeness (QED) is 0.794. The number of piperazine rings is 1. The van der Waals surface area contributed by atoms with Crippen molar-refractivity contribution in [2.45, 2.75) is 52.0 Å². The van der Waals surface area contributed by atoms with Crippen LogP contribution < -0.4 is 10.1 Å². The molecule has 0 atom stereocenters. The van der Waals surface area contributed by atoms with Crippen LogP contribution in [-0.4, -0.2) is 66.5 Å². The standard InChI is InChI=1S/C24H33N3O4/c1-24(2,3)25-22(28)15-26-10-12-27(13-11-26)23(29)16-30-17-8-9-21-19(14-17)18-6-4-5-7-20(18)31-21/h8-9,14H,4-7,10-13,15-16H2,1-3H3,(H,25,28). The Morgan fingerprint density at radius 1 is 1.10 bits per heavy atom. The second-order valence-electron chi connectivity index (χ2n) is 9.61. The lowest BCUT2D eigenvalue weighted by Crippen LogP contribution is -2.53. The maximum absolute atomic E-state index is 12.6. The van der Waals surface area contributed by atoms with Gasteiger partial charge in [0.25, 0.3) is 5.91 Å². The average Bonchev–Trinajstić information content (AvgIpc) is 3.09. The van der Waals surface area contributed by atoms with Gasteiger partial charge in [0.05, 0.1) is 6.54 Å². The van der Waals surface area contributed by atoms with E-state index in [9.17, 15) is 9.59 Å². The molecule has 2 aromatic rings. The smallest absolute Gasteiger partial charge is 0.260 e. The Labute approximate surface area is 183 Å². The van der Waals surface area contributed by atoms with Gasteiger partial charge in [-0.2, -0.15) is 0 Å². The molecular weight excluding hydrogens is 394 g/mol. The van der Waals surface area contributed by atoms with Gasteiger partial charge in [0.2, 0.25) is 5.91 Å². The molecule has 1 aromatic carbocycles. The number of hydrogen-bond acceptors (Lipinski definition) is 5. The Hall–Kier alpha value is -2.54. The van der Waals surface area contributed by atoms with E-state index in [1.54, 1.807) is 0 Å². The number of ether oxygens (including phenoxy) is 1. The fraction of sp³-hybridized carbons (Fsp3) is 0.583. The lowest BCUT2D eigenvalue weighted by molar-refractivity contribution is -0.135. The van der Waals surface area contributed by atoms with Crippen LogP contribution in [0.2, 0.25) is 0 Å². The summed E-state index contributed by atoms with van der Waals surface area (Å²) in [6.07, 6.45) is 4.42. The molecule has 0 saturated carbocycles. The zero-order valence-corrected chi connectivity index (χ0v) is 18.8. The predicted octanol–water partition coefficient (Wildman–Crippen LogP) is 2.75. The molecule has 1 aromatic heterocycles. The van der Waals surface area contributed by atoms with Gasteiger partial charge in [-0.25, -0.2) is 0 Å². The summed E-state index contributed by atoms with van der Waals surface area (Å²) in [6.45, 7) is 8.91. The number of carbonyl (C=O) groups excluding carboxylic acids is 2. The number of rotatable bonds is 5. The summed E-state index contributed by atoms with van der Waals surface area (Å²) in [7, 11) is 0. The number of nitrogens with one attached hydrogen (secondary N) is 1. The van der Waals surface area contributed by atoms with Crippen LogP contribution in [0.15, 0.2) is 22.6 Å². The summed E-state index contributed by atoms with van der Waals surface area (Å²) in [4.78, 5) is 28.6. The summed E-state index contributed by atoms with van der Waals surface area (Å²) < 4.78 is 11.8. The molecule has 1 aliphatic carbocycles. The Kier molecular flexibility index (Phi) is 6.23. The maximum Gasteiger partial charge on any atom is 0.260 e. The van der Waals surface area contributed by atoms with Gasteiger partial charge in [-0.05, 0) is 58.2 Å². The summed E-state index contributed by atoms with van der Waals surface area (Å²) in [5.74, 6) is 1.80. The first-order chi connectivity index (χ1) is 14.8. The van der Waals surface area contributed by atoms with Gasteiger partial charge in [-0.3, -0.25) is 14.5 Å². The molecule has 1 saturated heterocycles. The Bertz CT molecular complexity index is 952. The van der Waals surface area contributed by atoms with E-state index in [4.69, 9.17) is 9.15 Å². The van der Waals surface area contributed by atoms with Gasteiger partial charge in [0, 0.05) is 49.1 Å². The summed E-state index contributed by atoms with van der Waals surface area (Å²) in [5, 5.41) is 4.09. The maximum atomic E-state index is 12.6. The minimum absolute atomic E-state index is 0.0203. The molecule has 4 rings (SSSR count). The molecule has 2 aliphatic rings. The van der Waals surface area contributed by atoms with E-state index in [0.717, 1.165) is 29.6 Å². The monoisotopic (exact) mass is 427 g/mol. The molecular formula is C24H33N3O4. The third-order valence-electron chi connectivity index (χ3n) is 5.90. The first-order valence-electron chi connectivity index (χ1n) is 11.3. The molecule has 31 heavy (non-hydrogen) atoms. The number of fused-ring (bicyclic) bond motifs is 3. The molecule has 2 amide bonds. The zero-order valence-electron chi connectivity index (χ0n) is 18.8. The summed E-state index contributed by atoms with van der Waals surface area (Å²) >= 11 is 0. The molecule has 7 heteroatoms. The van der Waals surface area contributed by atoms with Crippen molar-refractivity contribution >= 4 is 22.8 Å². The Balaban J connectivity index is 1.26. The number of amides is 2. The fourth-order valence-electron chi connectivity index (χ4n) is 4.38. The van der Waals surface area contributed by atoms with E-state index in [-0.39, 0.29) is 24.0 Å². The third-order valence-corrected chi connectivity index (χ3v) is 5.90. The molecule has 0 radical (unpaired) electrons. The van der Waals surface area contributed by atoms with Crippen LogP contribution in [0, 0.1) is 0 Å². The van der Waals surface area contributed by atoms with Crippen LogP contribution >= 0.6 is 0 Å². The molecule has 0 spiro atoms. The van der Waals surface area contributed by atoms with Crippen molar-refractivity contribution in [2.24, 2.45) is 0 Å². The lowest BCUT2D eigenvalue weighted by Gasteiger charge is -2.34. The molecule has 0 unspecified atom stereocenters. The first-order valence-corrected chi connectivity index (χ1v) is 11.3. The van der Waals surface area contributed by atoms with Crippen molar-refractivity contribution in [1.82, 2.24) is 15.1 Å². The molecule has 2 heterocycles. The molecule has 1 N–H and O–H groups in total. The van der Waals surface area contributed by atoms with Crippen LogP contribution in [0.25, 0.3) is 11.0 Å². The van der Waals surface area contributed by atoms with Crippen LogP contribution in [0.5, 0.6) is 5.75 Å². The van der Waals surface area contributed by atoms with Crippen molar-refractivity contribution in [3.05, 3.63) is 29.5 Å². The topological polar surface area (TPSA) is 75.0 Å². The van der Waals surface area contributed by atoms with Gasteiger partial charge >= 0.3 is 0 Å². The van der Waals surface area contributed by atoms with E-state index >= 15 is 0 Å². The van der Waals surface area contributed by atoms with E-state index in [1.165, 1.54) is 18.4 Å². The van der Waals surface area contributed by atoms with Crippen LogP contribution in [0.1, 0.15) is 44.9 Å². The number of furan rings is 1. The predicted molar refractivity (Wildman–Crippen MR) is 119 cm³/mol. The van der Waals surface area contributed by atoms with Gasteiger partial charge in [-0.1, -0.05) is 0 Å². The van der Waals surface area contributed by atoms with Crippen molar-refractivity contribution in [1.29, 1.82) is 0 Å². The second kappa shape index (κ2) is 8.91. The molecule has 7 nitrogen and oxygen atoms in total. The van der Waals surface area contributed by atoms with Crippen molar-refractivity contribution in [3.63, 3.8) is 0 Å². The number of carbonyl (C=O) groups is 2. The van der Waals surface area contributed by atoms with Gasteiger partial charge in [-0.15, -0.1) is 0 Å². The highest BCUT2D eigenvalue weighted by Crippen LogP contribution is 2.33. The first kappa shape index (κ1) is 21.7. The van der Waals surface area contributed by atoms with Crippen molar-refractivity contribution in [3.8, 4) is 5.75 Å². The second-order valence-corrected chi connectivity index (χ2v) is 9.61. The van der Waals surface area contributed by atoms with Crippen LogP contribution in [-0.2, 0) is 22.4 Å². The van der Waals surface area contributed by atoms with Gasteiger partial charge in [0.15, 0.2) is 6.61 Å². The fourth-order valence-corrected chi connectivity index (χ4v) is 4.38. The highest BCUT2D eigenvalue weighted by Gasteiger charge is 2.24. The van der Waals surface area contributed by atoms with Crippen LogP contribution in [0.3, 0.4) is 0 Å². The third kappa shape index (κ3) is 5.39. The Morgan fingerprint density at radius 3 is 2.58 bits per heavy atom. The zero-order chi connectivity index (χ0) is 22.0. The molecule has 1 aliphatic heterocycles. The Morgan fingerprint density at radius 2 is 1.84 bits per heavy atom. The van der Waals surface area contributed by atoms with Gasteiger partial charge in [0.1, 0.15) is 17.1 Å². The normalized spacial score (nSPS) is 17.5. The van der Waals surface area contributed by atoms with E-state index in [1.807, 2.05) is 43.9 Å². The molecule has 0 bridgehead atoms. The summed E-state index contributed by atoms with van der Waals surface area (Å²) in [6, 6.07) is 5.81. The van der Waals surface area contributed by atoms with Gasteiger partial charge < -0.3 is 19.4 Å². The lowest BCUT2D eigenvalue weighted by atomic mass is 9.96. The number of aryl methyl sites for hydroxylation is 2. The van der Waals surface area contributed by atoms with E-state index < -0.39 is 0 Å². The number of benzene rings is 1. The molecule has 1 fully saturated rings. The minimum Gasteiger partial charge on any atom is -0.484 e. The van der Waals surface area contributed by atoms with E-state index in [0.29, 0.717) is 38.5 Å². The van der Waals surface area contributed by atoms with Crippen LogP contribution in [0.4, 0.5) is 0 Å². The number of nitrogens with zero attached hydrogens (tertiary/aromatic N) is 2. The highest BCUT2D eigenvalue weighted by molar-refractivity contribution is 5.84. The van der Waals surface area contributed by atoms with Crippen molar-refractivity contribution in [2.75, 3.05) is 39.3 Å². The average molecular weight is 428 g/mol.